The van der Waals surface area contributed by atoms with Gasteiger partial charge < -0.3 is 5.73 Å². The quantitative estimate of drug-likeness (QED) is 0.818. The molecule has 20 heavy (non-hydrogen) atoms. The maximum absolute atomic E-state index is 6.36. The molecule has 0 aliphatic heterocycles. The number of halogens is 2. The summed E-state index contributed by atoms with van der Waals surface area (Å²) < 4.78 is 0. The molecule has 2 aromatic carbocycles. The molecule has 0 bridgehead atoms. The molecule has 0 aromatic heterocycles. The first-order valence-electron chi connectivity index (χ1n) is 6.45. The van der Waals surface area contributed by atoms with Crippen molar-refractivity contribution in [2.45, 2.75) is 18.9 Å². The third-order valence-electron chi connectivity index (χ3n) is 3.23. The minimum atomic E-state index is -0.381. The first kappa shape index (κ1) is 15.1. The van der Waals surface area contributed by atoms with Gasteiger partial charge in [-0.25, -0.2) is 0 Å². The van der Waals surface area contributed by atoms with Crippen LogP contribution in [0.4, 0.5) is 0 Å². The molecule has 0 fully saturated rings. The molecular formula is C17H17Cl2N. The molecule has 3 heteroatoms. The molecule has 0 radical (unpaired) electrons. The van der Waals surface area contributed by atoms with Gasteiger partial charge in [-0.05, 0) is 36.6 Å². The van der Waals surface area contributed by atoms with Crippen molar-refractivity contribution in [3.8, 4) is 0 Å². The number of benzene rings is 2. The summed E-state index contributed by atoms with van der Waals surface area (Å²) >= 11 is 11.9. The van der Waals surface area contributed by atoms with Crippen molar-refractivity contribution in [3.05, 3.63) is 75.8 Å². The Morgan fingerprint density at radius 2 is 1.75 bits per heavy atom. The van der Waals surface area contributed by atoms with Crippen LogP contribution in [0.5, 0.6) is 0 Å². The van der Waals surface area contributed by atoms with Gasteiger partial charge in [0.15, 0.2) is 0 Å². The molecule has 1 nitrogen and oxygen atoms in total. The zero-order valence-corrected chi connectivity index (χ0v) is 12.8. The second kappa shape index (κ2) is 6.45. The molecule has 0 heterocycles. The smallest absolute Gasteiger partial charge is 0.0598 e. The third kappa shape index (κ3) is 3.86. The van der Waals surface area contributed by atoms with Gasteiger partial charge in [-0.1, -0.05) is 71.8 Å². The van der Waals surface area contributed by atoms with E-state index in [0.29, 0.717) is 10.0 Å². The Balaban J connectivity index is 2.07. The normalized spacial score (nSPS) is 14.4. The molecule has 0 aliphatic rings. The van der Waals surface area contributed by atoms with Crippen LogP contribution in [-0.2, 0) is 5.54 Å². The standard InChI is InChI=1S/C17H17Cl2N/c1-17(20,14-7-3-2-4-8-14)11-5-6-13-9-10-15(18)16(19)12-13/h2-10,12H,11,20H2,1H3. The monoisotopic (exact) mass is 305 g/mol. The van der Waals surface area contributed by atoms with Gasteiger partial charge in [0.05, 0.1) is 10.0 Å². The van der Waals surface area contributed by atoms with E-state index in [1.54, 1.807) is 6.07 Å². The van der Waals surface area contributed by atoms with E-state index in [-0.39, 0.29) is 5.54 Å². The molecular weight excluding hydrogens is 289 g/mol. The van der Waals surface area contributed by atoms with E-state index >= 15 is 0 Å². The summed E-state index contributed by atoms with van der Waals surface area (Å²) in [5.41, 5.74) is 8.12. The maximum atomic E-state index is 6.36. The second-order valence-electron chi connectivity index (χ2n) is 5.06. The van der Waals surface area contributed by atoms with Crippen LogP contribution in [0.15, 0.2) is 54.6 Å². The fraction of sp³-hybridized carbons (Fsp3) is 0.176. The molecule has 0 saturated carbocycles. The van der Waals surface area contributed by atoms with Gasteiger partial charge in [0.1, 0.15) is 0 Å². The van der Waals surface area contributed by atoms with E-state index in [1.807, 2.05) is 55.5 Å². The largest absolute Gasteiger partial charge is 0.321 e. The zero-order chi connectivity index (χ0) is 14.6. The molecule has 0 amide bonds. The summed E-state index contributed by atoms with van der Waals surface area (Å²) in [7, 11) is 0. The van der Waals surface area contributed by atoms with Gasteiger partial charge in [0, 0.05) is 5.54 Å². The predicted octanol–water partition coefficient (Wildman–Crippen LogP) is 5.27. The molecule has 2 aromatic rings. The van der Waals surface area contributed by atoms with Crippen molar-refractivity contribution in [1.29, 1.82) is 0 Å². The predicted molar refractivity (Wildman–Crippen MR) is 88.1 cm³/mol. The van der Waals surface area contributed by atoms with Crippen LogP contribution in [0, 0.1) is 0 Å². The first-order chi connectivity index (χ1) is 9.49. The van der Waals surface area contributed by atoms with Crippen LogP contribution in [0.25, 0.3) is 6.08 Å². The Labute approximate surface area is 130 Å². The lowest BCUT2D eigenvalue weighted by Crippen LogP contribution is -2.32. The summed E-state index contributed by atoms with van der Waals surface area (Å²) in [6.45, 7) is 2.03. The Morgan fingerprint density at radius 3 is 2.40 bits per heavy atom. The van der Waals surface area contributed by atoms with E-state index in [9.17, 15) is 0 Å². The van der Waals surface area contributed by atoms with Crippen molar-refractivity contribution in [2.24, 2.45) is 5.73 Å². The molecule has 2 N–H and O–H groups in total. The molecule has 0 aliphatic carbocycles. The van der Waals surface area contributed by atoms with E-state index in [1.165, 1.54) is 0 Å². The molecule has 1 atom stereocenters. The van der Waals surface area contributed by atoms with Gasteiger partial charge in [0.25, 0.3) is 0 Å². The minimum Gasteiger partial charge on any atom is -0.321 e. The van der Waals surface area contributed by atoms with Crippen molar-refractivity contribution >= 4 is 29.3 Å². The van der Waals surface area contributed by atoms with Crippen LogP contribution in [0.2, 0.25) is 10.0 Å². The Kier molecular flexibility index (Phi) is 4.87. The number of hydrogen-bond donors (Lipinski definition) is 1. The second-order valence-corrected chi connectivity index (χ2v) is 5.88. The van der Waals surface area contributed by atoms with Gasteiger partial charge in [0.2, 0.25) is 0 Å². The number of rotatable bonds is 4. The number of nitrogens with two attached hydrogens (primary N) is 1. The average molecular weight is 306 g/mol. The lowest BCUT2D eigenvalue weighted by molar-refractivity contribution is 0.503. The van der Waals surface area contributed by atoms with Crippen molar-refractivity contribution in [2.75, 3.05) is 0 Å². The van der Waals surface area contributed by atoms with Crippen LogP contribution < -0.4 is 5.73 Å². The lowest BCUT2D eigenvalue weighted by atomic mass is 9.89. The van der Waals surface area contributed by atoms with E-state index < -0.39 is 0 Å². The molecule has 2 rings (SSSR count). The first-order valence-corrected chi connectivity index (χ1v) is 7.21. The van der Waals surface area contributed by atoms with Crippen LogP contribution >= 0.6 is 23.2 Å². The van der Waals surface area contributed by atoms with Gasteiger partial charge in [-0.15, -0.1) is 0 Å². The van der Waals surface area contributed by atoms with Gasteiger partial charge in [-0.2, -0.15) is 0 Å². The summed E-state index contributed by atoms with van der Waals surface area (Å²) in [6, 6.07) is 15.7. The Morgan fingerprint density at radius 1 is 1.05 bits per heavy atom. The molecule has 0 spiro atoms. The van der Waals surface area contributed by atoms with Gasteiger partial charge >= 0.3 is 0 Å². The zero-order valence-electron chi connectivity index (χ0n) is 11.3. The highest BCUT2D eigenvalue weighted by Crippen LogP contribution is 2.25. The van der Waals surface area contributed by atoms with Crippen LogP contribution in [0.3, 0.4) is 0 Å². The highest BCUT2D eigenvalue weighted by atomic mass is 35.5. The lowest BCUT2D eigenvalue weighted by Gasteiger charge is -2.23. The fourth-order valence-electron chi connectivity index (χ4n) is 1.99. The van der Waals surface area contributed by atoms with Crippen molar-refractivity contribution in [1.82, 2.24) is 0 Å². The molecule has 0 saturated heterocycles. The minimum absolute atomic E-state index is 0.381. The van der Waals surface area contributed by atoms with E-state index in [0.717, 1.165) is 17.5 Å². The van der Waals surface area contributed by atoms with Crippen molar-refractivity contribution in [3.63, 3.8) is 0 Å². The summed E-state index contributed by atoms with van der Waals surface area (Å²) in [4.78, 5) is 0. The summed E-state index contributed by atoms with van der Waals surface area (Å²) in [6.07, 6.45) is 4.82. The maximum Gasteiger partial charge on any atom is 0.0598 e. The summed E-state index contributed by atoms with van der Waals surface area (Å²) in [5, 5.41) is 1.13. The van der Waals surface area contributed by atoms with E-state index in [4.69, 9.17) is 28.9 Å². The topological polar surface area (TPSA) is 26.0 Å². The SMILES string of the molecule is CC(N)(CC=Cc1ccc(Cl)c(Cl)c1)c1ccccc1. The molecule has 104 valence electrons. The Bertz CT molecular complexity index is 604. The highest BCUT2D eigenvalue weighted by molar-refractivity contribution is 6.42. The third-order valence-corrected chi connectivity index (χ3v) is 3.97. The highest BCUT2D eigenvalue weighted by Gasteiger charge is 2.18. The Hall–Kier alpha value is -1.28. The fourth-order valence-corrected chi connectivity index (χ4v) is 2.30. The van der Waals surface area contributed by atoms with Gasteiger partial charge in [-0.3, -0.25) is 0 Å². The van der Waals surface area contributed by atoms with Crippen LogP contribution in [0.1, 0.15) is 24.5 Å². The molecule has 1 unspecified atom stereocenters. The number of hydrogen-bond acceptors (Lipinski definition) is 1. The van der Waals surface area contributed by atoms with E-state index in [2.05, 4.69) is 6.08 Å². The summed E-state index contributed by atoms with van der Waals surface area (Å²) in [5.74, 6) is 0. The average Bonchev–Trinajstić information content (AvgIpc) is 2.44. The van der Waals surface area contributed by atoms with Crippen LogP contribution in [-0.4, -0.2) is 0 Å². The van der Waals surface area contributed by atoms with Crippen molar-refractivity contribution < 1.29 is 0 Å².